The fourth-order valence-corrected chi connectivity index (χ4v) is 9.51. The topological polar surface area (TPSA) is 40.6 Å². The lowest BCUT2D eigenvalue weighted by molar-refractivity contribution is -0.937. The first-order chi connectivity index (χ1) is 21.9. The highest BCUT2D eigenvalue weighted by Gasteiger charge is 2.51. The molecule has 1 aliphatic heterocycles. The molecule has 0 amide bonds. The molecule has 0 N–H and O–H groups in total. The Morgan fingerprint density at radius 3 is 2.15 bits per heavy atom. The summed E-state index contributed by atoms with van der Waals surface area (Å²) in [5.74, 6) is 6.01. The van der Waals surface area contributed by atoms with Gasteiger partial charge in [0.2, 0.25) is 5.88 Å². The van der Waals surface area contributed by atoms with Crippen LogP contribution in [0.3, 0.4) is 0 Å². The summed E-state index contributed by atoms with van der Waals surface area (Å²) >= 11 is 0. The van der Waals surface area contributed by atoms with Crippen molar-refractivity contribution in [2.45, 2.75) is 70.1 Å². The summed E-state index contributed by atoms with van der Waals surface area (Å²) in [4.78, 5) is 4.71. The highest BCUT2D eigenvalue weighted by Crippen LogP contribution is 2.60. The van der Waals surface area contributed by atoms with Gasteiger partial charge in [-0.2, -0.15) is 0 Å². The second kappa shape index (κ2) is 12.7. The lowest BCUT2D eigenvalue weighted by atomic mass is 9.48. The molecule has 240 valence electrons. The van der Waals surface area contributed by atoms with Crippen LogP contribution in [-0.2, 0) is 31.5 Å². The van der Waals surface area contributed by atoms with E-state index in [9.17, 15) is 0 Å². The molecule has 4 aromatic rings. The molecule has 3 aromatic carbocycles. The molecule has 0 radical (unpaired) electrons. The number of rotatable bonds is 9. The molecule has 2 heterocycles. The molecule has 4 aliphatic carbocycles. The second-order valence-corrected chi connectivity index (χ2v) is 14.8. The standard InChI is InChI=1S/C40H45N2O3.BrH/c1-42(15-14-33-19-37(43-2)38(20-34(33)26-42)44-27-28-6-4-3-5-7-28)25-29-8-13-39(41-24-29)45-36-11-9-35(10-12-36)40-21-30-16-31(22-40)18-32(17-30)23-40;/h3-13,19-20,24,30-32H,14-18,21-23,25-27H2,1-2H3;1H/q+1;/p-1. The third-order valence-corrected chi connectivity index (χ3v) is 11.3. The van der Waals surface area contributed by atoms with Crippen LogP contribution in [0.2, 0.25) is 0 Å². The summed E-state index contributed by atoms with van der Waals surface area (Å²) in [5, 5.41) is 0. The zero-order chi connectivity index (χ0) is 30.4. The van der Waals surface area contributed by atoms with E-state index in [4.69, 9.17) is 19.2 Å². The average molecular weight is 682 g/mol. The lowest BCUT2D eigenvalue weighted by Gasteiger charge is -2.57. The Morgan fingerprint density at radius 1 is 0.804 bits per heavy atom. The van der Waals surface area contributed by atoms with Gasteiger partial charge in [-0.15, -0.1) is 0 Å². The van der Waals surface area contributed by atoms with Crippen LogP contribution in [-0.4, -0.2) is 30.2 Å². The Kier molecular flexibility index (Phi) is 8.62. The van der Waals surface area contributed by atoms with E-state index in [1.54, 1.807) is 7.11 Å². The molecule has 4 bridgehead atoms. The maximum atomic E-state index is 6.23. The van der Waals surface area contributed by atoms with E-state index in [0.717, 1.165) is 71.1 Å². The van der Waals surface area contributed by atoms with Crippen molar-refractivity contribution in [3.63, 3.8) is 0 Å². The Balaban J connectivity index is 0.00000338. The third-order valence-electron chi connectivity index (χ3n) is 11.3. The van der Waals surface area contributed by atoms with Gasteiger partial charge in [0.1, 0.15) is 25.4 Å². The van der Waals surface area contributed by atoms with Crippen molar-refractivity contribution in [3.05, 3.63) is 113 Å². The van der Waals surface area contributed by atoms with Crippen LogP contribution >= 0.6 is 0 Å². The van der Waals surface area contributed by atoms with Gasteiger partial charge in [0.25, 0.3) is 0 Å². The number of fused-ring (bicyclic) bond motifs is 1. The molecule has 4 fully saturated rings. The van der Waals surface area contributed by atoms with E-state index in [-0.39, 0.29) is 17.0 Å². The van der Waals surface area contributed by atoms with Gasteiger partial charge >= 0.3 is 0 Å². The first-order valence-electron chi connectivity index (χ1n) is 16.9. The van der Waals surface area contributed by atoms with Crippen molar-refractivity contribution >= 4 is 0 Å². The minimum Gasteiger partial charge on any atom is -1.00 e. The van der Waals surface area contributed by atoms with Crippen LogP contribution in [0.25, 0.3) is 0 Å². The van der Waals surface area contributed by atoms with Crippen molar-refractivity contribution in [1.82, 2.24) is 4.98 Å². The molecular formula is C40H45BrN2O3. The highest BCUT2D eigenvalue weighted by atomic mass is 79.9. The number of likely N-dealkylation sites (N-methyl/N-ethyl adjacent to an activating group) is 1. The molecule has 1 unspecified atom stereocenters. The van der Waals surface area contributed by atoms with Crippen LogP contribution in [0, 0.1) is 17.8 Å². The fraction of sp³-hybridized carbons (Fsp3) is 0.425. The first-order valence-corrected chi connectivity index (χ1v) is 16.9. The fourth-order valence-electron chi connectivity index (χ4n) is 9.51. The van der Waals surface area contributed by atoms with E-state index >= 15 is 0 Å². The smallest absolute Gasteiger partial charge is 0.219 e. The monoisotopic (exact) mass is 680 g/mol. The summed E-state index contributed by atoms with van der Waals surface area (Å²) in [5.41, 5.74) is 7.00. The number of benzene rings is 3. The predicted molar refractivity (Wildman–Crippen MR) is 177 cm³/mol. The Morgan fingerprint density at radius 2 is 1.50 bits per heavy atom. The molecule has 0 saturated heterocycles. The molecule has 1 aromatic heterocycles. The van der Waals surface area contributed by atoms with Crippen molar-refractivity contribution < 1.29 is 35.7 Å². The second-order valence-electron chi connectivity index (χ2n) is 14.8. The van der Waals surface area contributed by atoms with E-state index < -0.39 is 0 Å². The predicted octanol–water partition coefficient (Wildman–Crippen LogP) is 5.64. The van der Waals surface area contributed by atoms with Crippen LogP contribution < -0.4 is 31.2 Å². The zero-order valence-corrected chi connectivity index (χ0v) is 28.7. The van der Waals surface area contributed by atoms with Crippen LogP contribution in [0.4, 0.5) is 0 Å². The summed E-state index contributed by atoms with van der Waals surface area (Å²) in [7, 11) is 4.06. The molecule has 4 saturated carbocycles. The number of hydrogen-bond acceptors (Lipinski definition) is 4. The van der Waals surface area contributed by atoms with Crippen molar-refractivity contribution in [3.8, 4) is 23.1 Å². The van der Waals surface area contributed by atoms with Gasteiger partial charge < -0.3 is 35.7 Å². The normalized spacial score (nSPS) is 27.4. The molecule has 46 heavy (non-hydrogen) atoms. The molecule has 0 spiro atoms. The van der Waals surface area contributed by atoms with Crippen molar-refractivity contribution in [1.29, 1.82) is 0 Å². The van der Waals surface area contributed by atoms with Gasteiger partial charge in [0.05, 0.1) is 20.7 Å². The maximum Gasteiger partial charge on any atom is 0.219 e. The third kappa shape index (κ3) is 6.31. The minimum absolute atomic E-state index is 0. The van der Waals surface area contributed by atoms with Crippen molar-refractivity contribution in [2.24, 2.45) is 17.8 Å². The molecule has 6 heteroatoms. The summed E-state index contributed by atoms with van der Waals surface area (Å²) in [6.07, 6.45) is 11.6. The average Bonchev–Trinajstić information content (AvgIpc) is 3.04. The number of hydrogen-bond donors (Lipinski definition) is 0. The number of aromatic nitrogens is 1. The number of nitrogens with zero attached hydrogens (tertiary/aromatic N) is 2. The van der Waals surface area contributed by atoms with E-state index in [1.165, 1.54) is 60.8 Å². The van der Waals surface area contributed by atoms with E-state index in [2.05, 4.69) is 61.6 Å². The van der Waals surface area contributed by atoms with E-state index in [1.807, 2.05) is 30.5 Å². The first kappa shape index (κ1) is 31.3. The van der Waals surface area contributed by atoms with Crippen LogP contribution in [0.1, 0.15) is 66.3 Å². The maximum absolute atomic E-state index is 6.23. The highest BCUT2D eigenvalue weighted by molar-refractivity contribution is 5.48. The largest absolute Gasteiger partial charge is 1.00 e. The molecular weight excluding hydrogens is 636 g/mol. The number of methoxy groups -OCH3 is 1. The summed E-state index contributed by atoms with van der Waals surface area (Å²) < 4.78 is 19.1. The van der Waals surface area contributed by atoms with Gasteiger partial charge in [0, 0.05) is 29.8 Å². The van der Waals surface area contributed by atoms with Gasteiger partial charge in [0.15, 0.2) is 11.5 Å². The van der Waals surface area contributed by atoms with Gasteiger partial charge in [-0.25, -0.2) is 4.98 Å². The quantitative estimate of drug-likeness (QED) is 0.215. The van der Waals surface area contributed by atoms with Crippen molar-refractivity contribution in [2.75, 3.05) is 20.7 Å². The number of quaternary nitrogens is 1. The number of ether oxygens (including phenoxy) is 3. The summed E-state index contributed by atoms with van der Waals surface area (Å²) in [6, 6.07) is 27.8. The Labute approximate surface area is 284 Å². The van der Waals surface area contributed by atoms with Gasteiger partial charge in [-0.3, -0.25) is 0 Å². The molecule has 9 rings (SSSR count). The van der Waals surface area contributed by atoms with Crippen LogP contribution in [0.5, 0.6) is 23.1 Å². The Hall–Kier alpha value is -3.35. The minimum atomic E-state index is 0. The molecule has 1 atom stereocenters. The molecule has 5 nitrogen and oxygen atoms in total. The van der Waals surface area contributed by atoms with Gasteiger partial charge in [-0.05, 0) is 109 Å². The SMILES string of the molecule is COc1cc2c(cc1OCc1ccccc1)C[N+](C)(Cc1ccc(Oc3ccc(C45CC6CC(CC(C6)C4)C5)cc3)nc1)CC2.[Br-]. The Bertz CT molecular complexity index is 1620. The number of pyridine rings is 1. The summed E-state index contributed by atoms with van der Waals surface area (Å²) in [6.45, 7) is 3.44. The van der Waals surface area contributed by atoms with Gasteiger partial charge in [-0.1, -0.05) is 42.5 Å². The zero-order valence-electron chi connectivity index (χ0n) is 27.1. The van der Waals surface area contributed by atoms with E-state index in [0.29, 0.717) is 17.9 Å². The molecule has 5 aliphatic rings. The lowest BCUT2D eigenvalue weighted by Crippen LogP contribution is -3.00. The van der Waals surface area contributed by atoms with Crippen LogP contribution in [0.15, 0.2) is 85.1 Å². The number of halogens is 1.